The molecule has 0 bridgehead atoms. The fourth-order valence-corrected chi connectivity index (χ4v) is 2.23. The molecule has 3 amide bonds. The second-order valence-corrected chi connectivity index (χ2v) is 5.65. The molecule has 0 unspecified atom stereocenters. The summed E-state index contributed by atoms with van der Waals surface area (Å²) in [6, 6.07) is 3.95. The summed E-state index contributed by atoms with van der Waals surface area (Å²) in [5, 5.41) is 13.6. The number of benzene rings is 1. The van der Waals surface area contributed by atoms with Crippen molar-refractivity contribution in [2.45, 2.75) is 27.7 Å². The van der Waals surface area contributed by atoms with Gasteiger partial charge in [0.1, 0.15) is 0 Å². The molecule has 5 N–H and O–H groups in total. The highest BCUT2D eigenvalue weighted by Crippen LogP contribution is 2.21. The number of anilines is 1. The summed E-state index contributed by atoms with van der Waals surface area (Å²) in [6.45, 7) is 7.10. The molecule has 0 aliphatic heterocycles. The first-order chi connectivity index (χ1) is 11.7. The van der Waals surface area contributed by atoms with Crippen molar-refractivity contribution in [2.24, 2.45) is 0 Å². The van der Waals surface area contributed by atoms with E-state index in [1.54, 1.807) is 6.92 Å². The van der Waals surface area contributed by atoms with Crippen molar-refractivity contribution < 1.29 is 19.5 Å². The van der Waals surface area contributed by atoms with Crippen LogP contribution < -0.4 is 21.5 Å². The lowest BCUT2D eigenvalue weighted by molar-refractivity contribution is -0.139. The van der Waals surface area contributed by atoms with Gasteiger partial charge in [-0.15, -0.1) is 0 Å². The second-order valence-electron chi connectivity index (χ2n) is 5.65. The van der Waals surface area contributed by atoms with Crippen molar-refractivity contribution in [1.29, 1.82) is 0 Å². The zero-order valence-electron chi connectivity index (χ0n) is 14.8. The van der Waals surface area contributed by atoms with E-state index in [0.29, 0.717) is 5.70 Å². The van der Waals surface area contributed by atoms with Gasteiger partial charge in [0.2, 0.25) is 5.91 Å². The normalized spacial score (nSPS) is 10.8. The Kier molecular flexibility index (Phi) is 7.61. The summed E-state index contributed by atoms with van der Waals surface area (Å²) in [4.78, 5) is 34.8. The van der Waals surface area contributed by atoms with E-state index in [1.807, 2.05) is 32.9 Å². The largest absolute Gasteiger partial charge is 0.395 e. The zero-order chi connectivity index (χ0) is 19.0. The zero-order valence-corrected chi connectivity index (χ0v) is 14.8. The van der Waals surface area contributed by atoms with Gasteiger partial charge in [0.25, 0.3) is 0 Å². The molecule has 1 aromatic rings. The number of rotatable bonds is 6. The maximum atomic E-state index is 12.1. The molecule has 0 fully saturated rings. The molecule has 136 valence electrons. The van der Waals surface area contributed by atoms with E-state index < -0.39 is 11.8 Å². The van der Waals surface area contributed by atoms with Crippen LogP contribution in [0.4, 0.5) is 5.69 Å². The number of carbonyl (C=O) groups is 3. The van der Waals surface area contributed by atoms with E-state index in [-0.39, 0.29) is 19.1 Å². The fraction of sp³-hybridized carbons (Fsp3) is 0.353. The topological polar surface area (TPSA) is 120 Å². The second kappa shape index (κ2) is 9.43. The lowest BCUT2D eigenvalue weighted by atomic mass is 10.1. The van der Waals surface area contributed by atoms with Crippen LogP contribution in [0.15, 0.2) is 23.9 Å². The third-order valence-corrected chi connectivity index (χ3v) is 3.25. The number of aliphatic hydroxyl groups excluding tert-OH is 1. The highest BCUT2D eigenvalue weighted by atomic mass is 16.3. The van der Waals surface area contributed by atoms with Crippen LogP contribution in [0.3, 0.4) is 0 Å². The van der Waals surface area contributed by atoms with Crippen molar-refractivity contribution in [3.05, 3.63) is 40.6 Å². The van der Waals surface area contributed by atoms with Crippen LogP contribution >= 0.6 is 0 Å². The van der Waals surface area contributed by atoms with E-state index in [0.717, 1.165) is 22.4 Å². The van der Waals surface area contributed by atoms with Crippen molar-refractivity contribution in [1.82, 2.24) is 16.2 Å². The average molecular weight is 348 g/mol. The van der Waals surface area contributed by atoms with E-state index in [2.05, 4.69) is 21.5 Å². The standard InChI is InChI=1S/C17H24N4O4/c1-10-7-11(2)15(12(3)8-10)19-14(23)9-13(4)20-21-17(25)16(24)18-5-6-22/h7-9,20,22H,5-6H2,1-4H3,(H,18,24)(H,19,23)(H,21,25). The molecule has 8 heteroatoms. The number of carbonyl (C=O) groups excluding carboxylic acids is 3. The van der Waals surface area contributed by atoms with Crippen LogP contribution in [-0.2, 0) is 14.4 Å². The minimum absolute atomic E-state index is 0.0151. The third kappa shape index (κ3) is 6.64. The molecule has 0 heterocycles. The molecule has 0 aliphatic carbocycles. The molecular weight excluding hydrogens is 324 g/mol. The number of aryl methyl sites for hydroxylation is 3. The average Bonchev–Trinajstić information content (AvgIpc) is 2.53. The number of aliphatic hydroxyl groups is 1. The molecule has 0 saturated heterocycles. The van der Waals surface area contributed by atoms with Crippen LogP contribution in [0.5, 0.6) is 0 Å². The van der Waals surface area contributed by atoms with Crippen LogP contribution in [0, 0.1) is 20.8 Å². The molecular formula is C17H24N4O4. The van der Waals surface area contributed by atoms with Gasteiger partial charge in [0.15, 0.2) is 0 Å². The Balaban J connectivity index is 2.60. The molecule has 1 aromatic carbocycles. The first-order valence-corrected chi connectivity index (χ1v) is 7.76. The van der Waals surface area contributed by atoms with E-state index in [9.17, 15) is 14.4 Å². The number of amides is 3. The lowest BCUT2D eigenvalue weighted by Crippen LogP contribution is -2.46. The first-order valence-electron chi connectivity index (χ1n) is 7.76. The van der Waals surface area contributed by atoms with Crippen molar-refractivity contribution >= 4 is 23.4 Å². The number of nitrogens with one attached hydrogen (secondary N) is 4. The monoisotopic (exact) mass is 348 g/mol. The Morgan fingerprint density at radius 3 is 2.20 bits per heavy atom. The molecule has 0 aromatic heterocycles. The maximum absolute atomic E-state index is 12.1. The Morgan fingerprint density at radius 1 is 1.04 bits per heavy atom. The maximum Gasteiger partial charge on any atom is 0.327 e. The van der Waals surface area contributed by atoms with Crippen LogP contribution in [0.25, 0.3) is 0 Å². The number of hydrazine groups is 1. The number of hydrogen-bond acceptors (Lipinski definition) is 5. The van der Waals surface area contributed by atoms with Gasteiger partial charge >= 0.3 is 11.8 Å². The summed E-state index contributed by atoms with van der Waals surface area (Å²) < 4.78 is 0. The lowest BCUT2D eigenvalue weighted by Gasteiger charge is -2.12. The predicted molar refractivity (Wildman–Crippen MR) is 94.4 cm³/mol. The summed E-state index contributed by atoms with van der Waals surface area (Å²) in [7, 11) is 0. The Labute approximate surface area is 146 Å². The van der Waals surface area contributed by atoms with Gasteiger partial charge in [-0.25, -0.2) is 0 Å². The van der Waals surface area contributed by atoms with Crippen LogP contribution in [-0.4, -0.2) is 36.0 Å². The molecule has 25 heavy (non-hydrogen) atoms. The number of allylic oxidation sites excluding steroid dienone is 1. The van der Waals surface area contributed by atoms with Crippen molar-refractivity contribution in [3.63, 3.8) is 0 Å². The van der Waals surface area contributed by atoms with E-state index in [1.165, 1.54) is 6.08 Å². The molecule has 0 spiro atoms. The van der Waals surface area contributed by atoms with E-state index in [4.69, 9.17) is 5.11 Å². The minimum Gasteiger partial charge on any atom is -0.395 e. The Bertz CT molecular complexity index is 675. The summed E-state index contributed by atoms with van der Waals surface area (Å²) in [5.41, 5.74) is 8.75. The van der Waals surface area contributed by atoms with Gasteiger partial charge in [0, 0.05) is 24.0 Å². The van der Waals surface area contributed by atoms with Crippen LogP contribution in [0.1, 0.15) is 23.6 Å². The Morgan fingerprint density at radius 2 is 1.64 bits per heavy atom. The third-order valence-electron chi connectivity index (χ3n) is 3.25. The highest BCUT2D eigenvalue weighted by molar-refractivity contribution is 6.34. The summed E-state index contributed by atoms with van der Waals surface area (Å²) in [5.74, 6) is -2.17. The fourth-order valence-electron chi connectivity index (χ4n) is 2.23. The predicted octanol–water partition coefficient (Wildman–Crippen LogP) is 0.183. The molecule has 8 nitrogen and oxygen atoms in total. The molecule has 1 rings (SSSR count). The van der Waals surface area contributed by atoms with Gasteiger partial charge < -0.3 is 21.2 Å². The molecule has 0 saturated carbocycles. The van der Waals surface area contributed by atoms with E-state index >= 15 is 0 Å². The summed E-state index contributed by atoms with van der Waals surface area (Å²) >= 11 is 0. The van der Waals surface area contributed by atoms with Gasteiger partial charge in [-0.3, -0.25) is 19.8 Å². The van der Waals surface area contributed by atoms with Crippen molar-refractivity contribution in [3.8, 4) is 0 Å². The van der Waals surface area contributed by atoms with Gasteiger partial charge in [-0.1, -0.05) is 17.7 Å². The molecule has 0 atom stereocenters. The highest BCUT2D eigenvalue weighted by Gasteiger charge is 2.12. The quantitative estimate of drug-likeness (QED) is 0.285. The minimum atomic E-state index is -0.924. The van der Waals surface area contributed by atoms with Gasteiger partial charge in [0.05, 0.1) is 6.61 Å². The molecule has 0 aliphatic rings. The molecule has 0 radical (unpaired) electrons. The van der Waals surface area contributed by atoms with Gasteiger partial charge in [-0.2, -0.15) is 0 Å². The summed E-state index contributed by atoms with van der Waals surface area (Å²) in [6.07, 6.45) is 1.27. The van der Waals surface area contributed by atoms with Crippen molar-refractivity contribution in [2.75, 3.05) is 18.5 Å². The SMILES string of the molecule is CC(=CC(=O)Nc1c(C)cc(C)cc1C)NNC(=O)C(=O)NCCO. The number of hydrogen-bond donors (Lipinski definition) is 5. The first kappa shape index (κ1) is 20.2. The Hall–Kier alpha value is -2.87. The van der Waals surface area contributed by atoms with Crippen LogP contribution in [0.2, 0.25) is 0 Å². The van der Waals surface area contributed by atoms with Gasteiger partial charge in [-0.05, 0) is 38.8 Å². The smallest absolute Gasteiger partial charge is 0.327 e.